The zero-order chi connectivity index (χ0) is 19.0. The van der Waals surface area contributed by atoms with Crippen LogP contribution in [0.4, 0.5) is 10.1 Å². The molecule has 0 aromatic heterocycles. The molecule has 27 heavy (non-hydrogen) atoms. The van der Waals surface area contributed by atoms with E-state index in [-0.39, 0.29) is 30.1 Å². The van der Waals surface area contributed by atoms with Gasteiger partial charge in [-0.05, 0) is 31.0 Å². The van der Waals surface area contributed by atoms with Crippen LogP contribution < -0.4 is 9.64 Å². The number of rotatable bonds is 6. The van der Waals surface area contributed by atoms with Crippen LogP contribution in [0.15, 0.2) is 48.5 Å². The molecular formula is C21H21FN2O3. The molecule has 1 aliphatic heterocycles. The topological polar surface area (TPSA) is 49.9 Å². The highest BCUT2D eigenvalue weighted by Crippen LogP contribution is 2.37. The van der Waals surface area contributed by atoms with Crippen LogP contribution in [0, 0.1) is 5.82 Å². The average molecular weight is 368 g/mol. The van der Waals surface area contributed by atoms with Crippen LogP contribution in [0.5, 0.6) is 5.75 Å². The molecule has 1 aliphatic carbocycles. The molecular weight excluding hydrogens is 347 g/mol. The van der Waals surface area contributed by atoms with E-state index >= 15 is 0 Å². The van der Waals surface area contributed by atoms with Gasteiger partial charge in [-0.3, -0.25) is 14.5 Å². The lowest BCUT2D eigenvalue weighted by molar-refractivity contribution is -0.123. The maximum absolute atomic E-state index is 14.1. The van der Waals surface area contributed by atoms with Gasteiger partial charge in [0, 0.05) is 18.2 Å². The van der Waals surface area contributed by atoms with Gasteiger partial charge in [-0.15, -0.1) is 0 Å². The summed E-state index contributed by atoms with van der Waals surface area (Å²) in [5.41, 5.74) is 1.000. The molecule has 0 spiro atoms. The third kappa shape index (κ3) is 3.32. The van der Waals surface area contributed by atoms with E-state index in [9.17, 15) is 14.0 Å². The number of nitrogens with zero attached hydrogens (tertiary/aromatic N) is 2. The largest absolute Gasteiger partial charge is 0.495 e. The number of ether oxygens (including phenoxy) is 1. The number of amides is 2. The Bertz CT molecular complexity index is 881. The number of hydrogen-bond acceptors (Lipinski definition) is 4. The third-order valence-corrected chi connectivity index (χ3v) is 5.18. The van der Waals surface area contributed by atoms with Crippen molar-refractivity contribution in [3.05, 3.63) is 59.9 Å². The first-order valence-electron chi connectivity index (χ1n) is 9.09. The number of para-hydroxylation sites is 2. The number of anilines is 1. The van der Waals surface area contributed by atoms with Gasteiger partial charge >= 0.3 is 0 Å². The van der Waals surface area contributed by atoms with Crippen LogP contribution in [0.25, 0.3) is 0 Å². The SMILES string of the molecule is COc1ccccc1N1C(=O)C[C@@H](N(Cc2ccccc2F)C2CC2)C1=O. The fraction of sp³-hybridized carbons (Fsp3) is 0.333. The molecule has 140 valence electrons. The summed E-state index contributed by atoms with van der Waals surface area (Å²) < 4.78 is 19.4. The lowest BCUT2D eigenvalue weighted by atomic mass is 10.1. The molecule has 2 amide bonds. The average Bonchev–Trinajstić information content (AvgIpc) is 3.47. The molecule has 2 aliphatic rings. The van der Waals surface area contributed by atoms with Gasteiger partial charge in [-0.25, -0.2) is 9.29 Å². The maximum atomic E-state index is 14.1. The molecule has 1 saturated carbocycles. The first kappa shape index (κ1) is 17.7. The molecule has 0 radical (unpaired) electrons. The molecule has 2 fully saturated rings. The van der Waals surface area contributed by atoms with E-state index in [1.165, 1.54) is 18.1 Å². The van der Waals surface area contributed by atoms with Crippen LogP contribution in [0.3, 0.4) is 0 Å². The summed E-state index contributed by atoms with van der Waals surface area (Å²) in [5, 5.41) is 0. The molecule has 0 unspecified atom stereocenters. The predicted molar refractivity (Wildman–Crippen MR) is 98.9 cm³/mol. The number of methoxy groups -OCH3 is 1. The summed E-state index contributed by atoms with van der Waals surface area (Å²) >= 11 is 0. The normalized spacial score (nSPS) is 19.8. The van der Waals surface area contributed by atoms with E-state index in [1.807, 2.05) is 4.90 Å². The number of carbonyl (C=O) groups excluding carboxylic acids is 2. The van der Waals surface area contributed by atoms with Crippen molar-refractivity contribution >= 4 is 17.5 Å². The van der Waals surface area contributed by atoms with E-state index in [0.29, 0.717) is 23.5 Å². The fourth-order valence-corrected chi connectivity index (χ4v) is 3.67. The zero-order valence-electron chi connectivity index (χ0n) is 15.1. The van der Waals surface area contributed by atoms with Crippen molar-refractivity contribution in [2.45, 2.75) is 37.9 Å². The third-order valence-electron chi connectivity index (χ3n) is 5.18. The Labute approximate surface area is 157 Å². The molecule has 6 heteroatoms. The Morgan fingerprint density at radius 3 is 2.52 bits per heavy atom. The van der Waals surface area contributed by atoms with Crippen LogP contribution in [-0.4, -0.2) is 35.9 Å². The Hall–Kier alpha value is -2.73. The minimum atomic E-state index is -0.575. The van der Waals surface area contributed by atoms with E-state index in [4.69, 9.17) is 4.74 Å². The fourth-order valence-electron chi connectivity index (χ4n) is 3.67. The molecule has 0 bridgehead atoms. The monoisotopic (exact) mass is 368 g/mol. The minimum Gasteiger partial charge on any atom is -0.495 e. The standard InChI is InChI=1S/C21H21FN2O3/c1-27-19-9-5-4-8-17(19)24-20(25)12-18(21(24)26)23(15-10-11-15)13-14-6-2-3-7-16(14)22/h2-9,15,18H,10-13H2,1H3/t18-/m1/s1. The summed E-state index contributed by atoms with van der Waals surface area (Å²) in [6.45, 7) is 0.320. The molecule has 0 N–H and O–H groups in total. The van der Waals surface area contributed by atoms with E-state index in [0.717, 1.165) is 12.8 Å². The smallest absolute Gasteiger partial charge is 0.251 e. The Morgan fingerprint density at radius 1 is 1.11 bits per heavy atom. The van der Waals surface area contributed by atoms with Gasteiger partial charge in [0.2, 0.25) is 5.91 Å². The van der Waals surface area contributed by atoms with Gasteiger partial charge in [0.05, 0.1) is 25.3 Å². The second-order valence-electron chi connectivity index (χ2n) is 6.95. The van der Waals surface area contributed by atoms with Gasteiger partial charge < -0.3 is 4.74 Å². The van der Waals surface area contributed by atoms with Gasteiger partial charge in [0.1, 0.15) is 11.6 Å². The predicted octanol–water partition coefficient (Wildman–Crippen LogP) is 3.13. The first-order chi connectivity index (χ1) is 13.1. The summed E-state index contributed by atoms with van der Waals surface area (Å²) in [6, 6.07) is 13.2. The lowest BCUT2D eigenvalue weighted by Gasteiger charge is -2.27. The van der Waals surface area contributed by atoms with E-state index in [2.05, 4.69) is 0 Å². The molecule has 1 saturated heterocycles. The second-order valence-corrected chi connectivity index (χ2v) is 6.95. The summed E-state index contributed by atoms with van der Waals surface area (Å²) in [5.74, 6) is -0.338. The van der Waals surface area contributed by atoms with Crippen molar-refractivity contribution in [3.8, 4) is 5.75 Å². The maximum Gasteiger partial charge on any atom is 0.251 e. The van der Waals surface area contributed by atoms with Crippen molar-refractivity contribution in [2.75, 3.05) is 12.0 Å². The van der Waals surface area contributed by atoms with Crippen molar-refractivity contribution in [3.63, 3.8) is 0 Å². The zero-order valence-corrected chi connectivity index (χ0v) is 15.1. The Balaban J connectivity index is 1.62. The molecule has 1 atom stereocenters. The van der Waals surface area contributed by atoms with Gasteiger partial charge in [-0.1, -0.05) is 30.3 Å². The molecule has 4 rings (SSSR count). The van der Waals surface area contributed by atoms with E-state index in [1.54, 1.807) is 42.5 Å². The molecule has 1 heterocycles. The van der Waals surface area contributed by atoms with E-state index < -0.39 is 6.04 Å². The quantitative estimate of drug-likeness (QED) is 0.735. The first-order valence-corrected chi connectivity index (χ1v) is 9.09. The van der Waals surface area contributed by atoms with Crippen LogP contribution in [0.2, 0.25) is 0 Å². The summed E-state index contributed by atoms with van der Waals surface area (Å²) in [7, 11) is 1.51. The van der Waals surface area contributed by atoms with Gasteiger partial charge in [-0.2, -0.15) is 0 Å². The molecule has 2 aromatic carbocycles. The summed E-state index contributed by atoms with van der Waals surface area (Å²) in [6.07, 6.45) is 2.02. The highest BCUT2D eigenvalue weighted by atomic mass is 19.1. The van der Waals surface area contributed by atoms with Crippen LogP contribution >= 0.6 is 0 Å². The van der Waals surface area contributed by atoms with Crippen LogP contribution in [0.1, 0.15) is 24.8 Å². The van der Waals surface area contributed by atoms with Crippen molar-refractivity contribution in [1.29, 1.82) is 0 Å². The number of carbonyl (C=O) groups is 2. The summed E-state index contributed by atoms with van der Waals surface area (Å²) in [4.78, 5) is 29.0. The Kier molecular flexibility index (Phi) is 4.66. The van der Waals surface area contributed by atoms with Gasteiger partial charge in [0.15, 0.2) is 0 Å². The van der Waals surface area contributed by atoms with Crippen molar-refractivity contribution < 1.29 is 18.7 Å². The highest BCUT2D eigenvalue weighted by Gasteiger charge is 2.47. The Morgan fingerprint density at radius 2 is 1.81 bits per heavy atom. The molecule has 5 nitrogen and oxygen atoms in total. The number of hydrogen-bond donors (Lipinski definition) is 0. The minimum absolute atomic E-state index is 0.0990. The lowest BCUT2D eigenvalue weighted by Crippen LogP contribution is -2.43. The van der Waals surface area contributed by atoms with Crippen molar-refractivity contribution in [1.82, 2.24) is 4.90 Å². The number of benzene rings is 2. The van der Waals surface area contributed by atoms with Crippen molar-refractivity contribution in [2.24, 2.45) is 0 Å². The second kappa shape index (κ2) is 7.12. The van der Waals surface area contributed by atoms with Crippen LogP contribution in [-0.2, 0) is 16.1 Å². The number of imide groups is 1. The highest BCUT2D eigenvalue weighted by molar-refractivity contribution is 6.23. The van der Waals surface area contributed by atoms with Gasteiger partial charge in [0.25, 0.3) is 5.91 Å². The number of halogens is 1. The molecule has 2 aromatic rings.